The molecule has 0 radical (unpaired) electrons. The van der Waals surface area contributed by atoms with E-state index in [9.17, 15) is 13.9 Å². The topological polar surface area (TPSA) is 81.6 Å². The van der Waals surface area contributed by atoms with E-state index >= 15 is 0 Å². The molecule has 0 fully saturated rings. The first-order chi connectivity index (χ1) is 14.4. The molecular formula is C20H17ClF2N6O. The van der Waals surface area contributed by atoms with Gasteiger partial charge in [0, 0.05) is 17.2 Å². The second kappa shape index (κ2) is 7.92. The largest absolute Gasteiger partial charge is 0.381 e. The van der Waals surface area contributed by atoms with E-state index in [1.54, 1.807) is 31.3 Å². The molecule has 0 aliphatic carbocycles. The van der Waals surface area contributed by atoms with Crippen LogP contribution in [0.5, 0.6) is 0 Å². The minimum Gasteiger partial charge on any atom is -0.381 e. The molecule has 0 bridgehead atoms. The lowest BCUT2D eigenvalue weighted by Gasteiger charge is -2.34. The summed E-state index contributed by atoms with van der Waals surface area (Å²) in [5.41, 5.74) is -0.765. The van der Waals surface area contributed by atoms with Crippen molar-refractivity contribution < 1.29 is 13.9 Å². The lowest BCUT2D eigenvalue weighted by Crippen LogP contribution is -2.41. The van der Waals surface area contributed by atoms with Crippen LogP contribution in [-0.4, -0.2) is 34.9 Å². The van der Waals surface area contributed by atoms with Crippen LogP contribution in [0.25, 0.3) is 11.3 Å². The molecular weight excluding hydrogens is 414 g/mol. The minimum absolute atomic E-state index is 0.0957. The molecule has 0 spiro atoms. The van der Waals surface area contributed by atoms with Gasteiger partial charge in [-0.15, -0.1) is 5.10 Å². The molecule has 2 atom stereocenters. The van der Waals surface area contributed by atoms with Crippen molar-refractivity contribution >= 4 is 11.6 Å². The summed E-state index contributed by atoms with van der Waals surface area (Å²) in [5.74, 6) is -1.62. The maximum Gasteiger partial charge on any atom is 0.137 e. The molecule has 1 N–H and O–H groups in total. The van der Waals surface area contributed by atoms with Crippen LogP contribution >= 0.6 is 11.6 Å². The van der Waals surface area contributed by atoms with E-state index in [1.165, 1.54) is 28.1 Å². The van der Waals surface area contributed by atoms with Crippen LogP contribution in [-0.2, 0) is 12.1 Å². The number of aliphatic hydroxyl groups is 1. The van der Waals surface area contributed by atoms with E-state index in [2.05, 4.69) is 20.4 Å². The van der Waals surface area contributed by atoms with Gasteiger partial charge in [0.25, 0.3) is 0 Å². The molecule has 4 rings (SSSR count). The summed E-state index contributed by atoms with van der Waals surface area (Å²) >= 11 is 6.23. The normalized spacial score (nSPS) is 14.4. The van der Waals surface area contributed by atoms with Crippen molar-refractivity contribution in [3.63, 3.8) is 0 Å². The SMILES string of the molecule is C[C@@H](n1cc(-c2ccccc2Cl)nn1)[C@](O)(Cn1cncn1)c1ccc(F)cc1F. The first-order valence-corrected chi connectivity index (χ1v) is 9.43. The van der Waals surface area contributed by atoms with E-state index in [-0.39, 0.29) is 12.1 Å². The zero-order chi connectivity index (χ0) is 21.3. The molecule has 0 saturated heterocycles. The summed E-state index contributed by atoms with van der Waals surface area (Å²) in [6.45, 7) is 1.52. The van der Waals surface area contributed by atoms with E-state index in [4.69, 9.17) is 11.6 Å². The standard InChI is InChI=1S/C20H17ClF2N6O/c1-13(29-9-19(26-27-29)15-4-2-3-5-17(15)21)20(30,10-28-12-24-11-25-28)16-7-6-14(22)8-18(16)23/h2-9,11-13,30H,10H2,1H3/t13-,20-/m1/s1. The van der Waals surface area contributed by atoms with Crippen molar-refractivity contribution in [1.82, 2.24) is 29.8 Å². The highest BCUT2D eigenvalue weighted by atomic mass is 35.5. The van der Waals surface area contributed by atoms with E-state index in [0.29, 0.717) is 16.3 Å². The van der Waals surface area contributed by atoms with Crippen LogP contribution in [0.3, 0.4) is 0 Å². The molecule has 2 aromatic heterocycles. The van der Waals surface area contributed by atoms with Crippen molar-refractivity contribution in [2.75, 3.05) is 0 Å². The third kappa shape index (κ3) is 3.69. The molecule has 0 aliphatic heterocycles. The Hall–Kier alpha value is -3.17. The van der Waals surface area contributed by atoms with Crippen LogP contribution in [0, 0.1) is 11.6 Å². The van der Waals surface area contributed by atoms with Crippen LogP contribution in [0.15, 0.2) is 61.3 Å². The highest BCUT2D eigenvalue weighted by Gasteiger charge is 2.41. The molecule has 0 unspecified atom stereocenters. The summed E-state index contributed by atoms with van der Waals surface area (Å²) in [4.78, 5) is 3.86. The van der Waals surface area contributed by atoms with Crippen molar-refractivity contribution in [1.29, 1.82) is 0 Å². The molecule has 0 saturated carbocycles. The zero-order valence-corrected chi connectivity index (χ0v) is 16.6. The molecule has 0 amide bonds. The fourth-order valence-corrected chi connectivity index (χ4v) is 3.55. The molecule has 10 heteroatoms. The maximum atomic E-state index is 14.7. The Balaban J connectivity index is 1.76. The monoisotopic (exact) mass is 430 g/mol. The van der Waals surface area contributed by atoms with Gasteiger partial charge in [-0.25, -0.2) is 23.1 Å². The fourth-order valence-electron chi connectivity index (χ4n) is 3.32. The Morgan fingerprint density at radius 3 is 2.70 bits per heavy atom. The average molecular weight is 431 g/mol. The first kappa shape index (κ1) is 20.1. The Bertz CT molecular complexity index is 1170. The van der Waals surface area contributed by atoms with Gasteiger partial charge in [0.05, 0.1) is 23.8 Å². The van der Waals surface area contributed by atoms with Gasteiger partial charge in [0.15, 0.2) is 0 Å². The molecule has 7 nitrogen and oxygen atoms in total. The lowest BCUT2D eigenvalue weighted by atomic mass is 9.86. The second-order valence-corrected chi connectivity index (χ2v) is 7.29. The van der Waals surface area contributed by atoms with Crippen LogP contribution in [0.4, 0.5) is 8.78 Å². The summed E-state index contributed by atoms with van der Waals surface area (Å²) in [5, 5.41) is 24.4. The zero-order valence-electron chi connectivity index (χ0n) is 15.8. The van der Waals surface area contributed by atoms with Crippen LogP contribution in [0.2, 0.25) is 5.02 Å². The fraction of sp³-hybridized carbons (Fsp3) is 0.200. The number of nitrogens with zero attached hydrogens (tertiary/aromatic N) is 6. The van der Waals surface area contributed by atoms with Crippen LogP contribution in [0.1, 0.15) is 18.5 Å². The van der Waals surface area contributed by atoms with Gasteiger partial charge in [-0.05, 0) is 19.1 Å². The predicted molar refractivity (Wildman–Crippen MR) is 105 cm³/mol. The molecule has 2 heterocycles. The summed E-state index contributed by atoms with van der Waals surface area (Å²) in [6.07, 6.45) is 4.31. The molecule has 2 aromatic carbocycles. The summed E-state index contributed by atoms with van der Waals surface area (Å²) in [6, 6.07) is 9.37. The van der Waals surface area contributed by atoms with Gasteiger partial charge in [0.1, 0.15) is 35.6 Å². The third-order valence-corrected chi connectivity index (χ3v) is 5.34. The Morgan fingerprint density at radius 2 is 2.00 bits per heavy atom. The number of aromatic nitrogens is 6. The Kier molecular flexibility index (Phi) is 5.31. The minimum atomic E-state index is -1.84. The quantitative estimate of drug-likeness (QED) is 0.505. The van der Waals surface area contributed by atoms with E-state index < -0.39 is 23.3 Å². The first-order valence-electron chi connectivity index (χ1n) is 9.05. The third-order valence-electron chi connectivity index (χ3n) is 5.02. The molecule has 0 aliphatic rings. The molecule has 4 aromatic rings. The number of hydrogen-bond donors (Lipinski definition) is 1. The lowest BCUT2D eigenvalue weighted by molar-refractivity contribution is -0.0374. The maximum absolute atomic E-state index is 14.7. The van der Waals surface area contributed by atoms with Crippen molar-refractivity contribution in [3.8, 4) is 11.3 Å². The number of halogens is 3. The predicted octanol–water partition coefficient (Wildman–Crippen LogP) is 3.62. The van der Waals surface area contributed by atoms with Crippen LogP contribution < -0.4 is 0 Å². The van der Waals surface area contributed by atoms with E-state index in [1.807, 2.05) is 6.07 Å². The molecule has 30 heavy (non-hydrogen) atoms. The van der Waals surface area contributed by atoms with Gasteiger partial charge < -0.3 is 5.11 Å². The van der Waals surface area contributed by atoms with Crippen molar-refractivity contribution in [2.45, 2.75) is 25.1 Å². The smallest absolute Gasteiger partial charge is 0.137 e. The van der Waals surface area contributed by atoms with Gasteiger partial charge in [-0.3, -0.25) is 0 Å². The van der Waals surface area contributed by atoms with Crippen molar-refractivity contribution in [3.05, 3.63) is 83.5 Å². The Labute approximate surface area is 175 Å². The van der Waals surface area contributed by atoms with Crippen molar-refractivity contribution in [2.24, 2.45) is 0 Å². The summed E-state index contributed by atoms with van der Waals surface area (Å²) in [7, 11) is 0. The highest BCUT2D eigenvalue weighted by Crippen LogP contribution is 2.37. The van der Waals surface area contributed by atoms with Gasteiger partial charge in [-0.2, -0.15) is 5.10 Å². The number of rotatable bonds is 6. The number of benzene rings is 2. The molecule has 154 valence electrons. The average Bonchev–Trinajstić information content (AvgIpc) is 3.39. The highest BCUT2D eigenvalue weighted by molar-refractivity contribution is 6.33. The Morgan fingerprint density at radius 1 is 1.20 bits per heavy atom. The van der Waals surface area contributed by atoms with Gasteiger partial charge in [-0.1, -0.05) is 41.1 Å². The second-order valence-electron chi connectivity index (χ2n) is 6.88. The van der Waals surface area contributed by atoms with Gasteiger partial charge >= 0.3 is 0 Å². The summed E-state index contributed by atoms with van der Waals surface area (Å²) < 4.78 is 30.9. The van der Waals surface area contributed by atoms with Gasteiger partial charge in [0.2, 0.25) is 0 Å². The number of hydrogen-bond acceptors (Lipinski definition) is 5. The van der Waals surface area contributed by atoms with E-state index in [0.717, 1.165) is 12.1 Å².